The lowest BCUT2D eigenvalue weighted by Crippen LogP contribution is -2.38. The van der Waals surface area contributed by atoms with Gasteiger partial charge in [0.2, 0.25) is 0 Å². The summed E-state index contributed by atoms with van der Waals surface area (Å²) in [7, 11) is 0. The first-order valence-corrected chi connectivity index (χ1v) is 9.53. The van der Waals surface area contributed by atoms with Crippen LogP contribution in [0.1, 0.15) is 31.7 Å². The van der Waals surface area contributed by atoms with E-state index in [4.69, 9.17) is 9.47 Å². The number of halogens is 3. The average Bonchev–Trinajstić information content (AvgIpc) is 3.15. The van der Waals surface area contributed by atoms with Crippen LogP contribution in [0.5, 0.6) is 5.75 Å². The summed E-state index contributed by atoms with van der Waals surface area (Å²) in [4.78, 5) is 4.34. The highest BCUT2D eigenvalue weighted by Gasteiger charge is 2.31. The molecule has 1 heterocycles. The maximum atomic E-state index is 12.5. The van der Waals surface area contributed by atoms with Gasteiger partial charge in [0, 0.05) is 31.9 Å². The molecule has 1 fully saturated rings. The van der Waals surface area contributed by atoms with Gasteiger partial charge in [-0.05, 0) is 32.3 Å². The van der Waals surface area contributed by atoms with E-state index < -0.39 is 6.36 Å². The molecular formula is C19H28F3N3O3. The van der Waals surface area contributed by atoms with Gasteiger partial charge in [-0.25, -0.2) is 4.99 Å². The third-order valence-electron chi connectivity index (χ3n) is 4.04. The third-order valence-corrected chi connectivity index (χ3v) is 4.04. The first kappa shape index (κ1) is 22.3. The molecule has 2 N–H and O–H groups in total. The van der Waals surface area contributed by atoms with Crippen molar-refractivity contribution in [3.8, 4) is 5.75 Å². The molecule has 1 unspecified atom stereocenters. The zero-order valence-electron chi connectivity index (χ0n) is 16.1. The molecule has 158 valence electrons. The molecule has 0 aliphatic carbocycles. The van der Waals surface area contributed by atoms with Crippen molar-refractivity contribution in [1.29, 1.82) is 0 Å². The molecule has 0 saturated carbocycles. The number of ether oxygens (including phenoxy) is 3. The Morgan fingerprint density at radius 3 is 2.82 bits per heavy atom. The molecule has 1 aliphatic rings. The molecule has 0 amide bonds. The van der Waals surface area contributed by atoms with Gasteiger partial charge in [-0.1, -0.05) is 18.2 Å². The number of nitrogens with one attached hydrogen (secondary N) is 2. The normalized spacial score (nSPS) is 17.6. The summed E-state index contributed by atoms with van der Waals surface area (Å²) in [6.07, 6.45) is -1.59. The fourth-order valence-corrected chi connectivity index (χ4v) is 2.74. The van der Waals surface area contributed by atoms with Crippen molar-refractivity contribution in [2.45, 2.75) is 45.2 Å². The number of hydrogen-bond acceptors (Lipinski definition) is 4. The summed E-state index contributed by atoms with van der Waals surface area (Å²) in [6.45, 7) is 5.30. The summed E-state index contributed by atoms with van der Waals surface area (Å²) in [5.41, 5.74) is 0.358. The Kier molecular flexibility index (Phi) is 9.36. The molecule has 9 heteroatoms. The summed E-state index contributed by atoms with van der Waals surface area (Å²) in [6, 6.07) is 5.99. The number of hydrogen-bond donors (Lipinski definition) is 2. The van der Waals surface area contributed by atoms with Crippen molar-refractivity contribution >= 4 is 5.96 Å². The quantitative estimate of drug-likeness (QED) is 0.357. The first-order chi connectivity index (χ1) is 13.5. The molecule has 1 aromatic carbocycles. The van der Waals surface area contributed by atoms with Gasteiger partial charge in [0.15, 0.2) is 5.96 Å². The van der Waals surface area contributed by atoms with E-state index in [9.17, 15) is 13.2 Å². The van der Waals surface area contributed by atoms with E-state index in [1.165, 1.54) is 12.1 Å². The second-order valence-corrected chi connectivity index (χ2v) is 6.34. The summed E-state index contributed by atoms with van der Waals surface area (Å²) in [5.74, 6) is 0.292. The standard InChI is InChI=1S/C19H28F3N3O3/c1-2-23-18(24-10-6-11-26-14-16-8-5-12-27-16)25-13-15-7-3-4-9-17(15)28-19(20,21)22/h3-4,7,9,16H,2,5-6,8,10-14H2,1H3,(H2,23,24,25). The van der Waals surface area contributed by atoms with E-state index in [0.29, 0.717) is 37.8 Å². The van der Waals surface area contributed by atoms with Crippen LogP contribution in [0.4, 0.5) is 13.2 Å². The van der Waals surface area contributed by atoms with Gasteiger partial charge < -0.3 is 24.8 Å². The van der Waals surface area contributed by atoms with Crippen molar-refractivity contribution in [3.63, 3.8) is 0 Å². The Balaban J connectivity index is 1.77. The van der Waals surface area contributed by atoms with Gasteiger partial charge in [0.05, 0.1) is 19.3 Å². The van der Waals surface area contributed by atoms with Crippen LogP contribution in [0, 0.1) is 0 Å². The lowest BCUT2D eigenvalue weighted by Gasteiger charge is -2.14. The van der Waals surface area contributed by atoms with Gasteiger partial charge >= 0.3 is 6.36 Å². The number of alkyl halides is 3. The predicted molar refractivity (Wildman–Crippen MR) is 100 cm³/mol. The van der Waals surface area contributed by atoms with Crippen molar-refractivity contribution in [2.24, 2.45) is 4.99 Å². The summed E-state index contributed by atoms with van der Waals surface area (Å²) >= 11 is 0. The number of guanidine groups is 1. The smallest absolute Gasteiger partial charge is 0.405 e. The van der Waals surface area contributed by atoms with Crippen LogP contribution in [-0.4, -0.2) is 51.3 Å². The zero-order chi connectivity index (χ0) is 20.2. The predicted octanol–water partition coefficient (Wildman–Crippen LogP) is 3.23. The van der Waals surface area contributed by atoms with Crippen molar-refractivity contribution in [1.82, 2.24) is 10.6 Å². The zero-order valence-corrected chi connectivity index (χ0v) is 16.1. The number of benzene rings is 1. The Hall–Kier alpha value is -2.00. The Morgan fingerprint density at radius 2 is 2.11 bits per heavy atom. The third kappa shape index (κ3) is 8.79. The fourth-order valence-electron chi connectivity index (χ4n) is 2.74. The molecule has 0 bridgehead atoms. The van der Waals surface area contributed by atoms with Crippen LogP contribution in [0.3, 0.4) is 0 Å². The molecule has 28 heavy (non-hydrogen) atoms. The number of nitrogens with zero attached hydrogens (tertiary/aromatic N) is 1. The van der Waals surface area contributed by atoms with Crippen LogP contribution in [0.2, 0.25) is 0 Å². The second kappa shape index (κ2) is 11.8. The van der Waals surface area contributed by atoms with Crippen LogP contribution in [0.25, 0.3) is 0 Å². The number of para-hydroxylation sites is 1. The Morgan fingerprint density at radius 1 is 1.29 bits per heavy atom. The van der Waals surface area contributed by atoms with Crippen molar-refractivity contribution in [2.75, 3.05) is 32.9 Å². The van der Waals surface area contributed by atoms with Gasteiger partial charge in [-0.3, -0.25) is 0 Å². The minimum Gasteiger partial charge on any atom is -0.405 e. The average molecular weight is 403 g/mol. The molecular weight excluding hydrogens is 375 g/mol. The highest BCUT2D eigenvalue weighted by molar-refractivity contribution is 5.79. The Bertz CT molecular complexity index is 606. The molecule has 6 nitrogen and oxygen atoms in total. The molecule has 1 atom stereocenters. The molecule has 1 aromatic rings. The van der Waals surface area contributed by atoms with E-state index >= 15 is 0 Å². The van der Waals surface area contributed by atoms with Crippen LogP contribution in [0.15, 0.2) is 29.3 Å². The van der Waals surface area contributed by atoms with E-state index in [0.717, 1.165) is 25.9 Å². The second-order valence-electron chi connectivity index (χ2n) is 6.34. The summed E-state index contributed by atoms with van der Waals surface area (Å²) < 4.78 is 52.7. The van der Waals surface area contributed by atoms with Crippen LogP contribution < -0.4 is 15.4 Å². The molecule has 1 saturated heterocycles. The lowest BCUT2D eigenvalue weighted by molar-refractivity contribution is -0.274. The number of rotatable bonds is 10. The SMILES string of the molecule is CCNC(=NCc1ccccc1OC(F)(F)F)NCCCOCC1CCCO1. The van der Waals surface area contributed by atoms with E-state index in [-0.39, 0.29) is 18.4 Å². The molecule has 0 spiro atoms. The molecule has 2 rings (SSSR count). The minimum atomic E-state index is -4.73. The lowest BCUT2D eigenvalue weighted by atomic mass is 10.2. The van der Waals surface area contributed by atoms with Crippen molar-refractivity contribution in [3.05, 3.63) is 29.8 Å². The molecule has 1 aliphatic heterocycles. The van der Waals surface area contributed by atoms with E-state index in [1.807, 2.05) is 6.92 Å². The highest BCUT2D eigenvalue weighted by atomic mass is 19.4. The largest absolute Gasteiger partial charge is 0.573 e. The van der Waals surface area contributed by atoms with E-state index in [1.54, 1.807) is 12.1 Å². The van der Waals surface area contributed by atoms with Gasteiger partial charge in [-0.15, -0.1) is 13.2 Å². The minimum absolute atomic E-state index is 0.0666. The van der Waals surface area contributed by atoms with Gasteiger partial charge in [0.25, 0.3) is 0 Å². The fraction of sp³-hybridized carbons (Fsp3) is 0.632. The maximum Gasteiger partial charge on any atom is 0.573 e. The number of aliphatic imine (C=N–C) groups is 1. The summed E-state index contributed by atoms with van der Waals surface area (Å²) in [5, 5.41) is 6.22. The monoisotopic (exact) mass is 403 g/mol. The Labute approximate surface area is 163 Å². The maximum absolute atomic E-state index is 12.5. The van der Waals surface area contributed by atoms with Gasteiger partial charge in [-0.2, -0.15) is 0 Å². The van der Waals surface area contributed by atoms with E-state index in [2.05, 4.69) is 20.4 Å². The topological polar surface area (TPSA) is 64.1 Å². The van der Waals surface area contributed by atoms with Crippen LogP contribution >= 0.6 is 0 Å². The first-order valence-electron chi connectivity index (χ1n) is 9.53. The van der Waals surface area contributed by atoms with Gasteiger partial charge in [0.1, 0.15) is 5.75 Å². The highest BCUT2D eigenvalue weighted by Crippen LogP contribution is 2.26. The molecule has 0 radical (unpaired) electrons. The van der Waals surface area contributed by atoms with Crippen LogP contribution in [-0.2, 0) is 16.0 Å². The van der Waals surface area contributed by atoms with Crippen molar-refractivity contribution < 1.29 is 27.4 Å². The molecule has 0 aromatic heterocycles.